The van der Waals surface area contributed by atoms with Crippen molar-refractivity contribution in [3.63, 3.8) is 0 Å². The van der Waals surface area contributed by atoms with Crippen molar-refractivity contribution in [1.82, 2.24) is 0 Å². The van der Waals surface area contributed by atoms with Crippen LogP contribution in [0.3, 0.4) is 0 Å². The van der Waals surface area contributed by atoms with E-state index in [-0.39, 0.29) is 0 Å². The third-order valence-corrected chi connectivity index (χ3v) is 3.46. The summed E-state index contributed by atoms with van der Waals surface area (Å²) < 4.78 is 26.1. The normalized spacial score (nSPS) is 12.9. The minimum absolute atomic E-state index is 0.336. The highest BCUT2D eigenvalue weighted by molar-refractivity contribution is 7.85. The number of hydrogen-bond acceptors (Lipinski definition) is 3. The van der Waals surface area contributed by atoms with E-state index in [4.69, 9.17) is 0 Å². The molecule has 0 aromatic heterocycles. The second-order valence-electron chi connectivity index (χ2n) is 6.31. The van der Waals surface area contributed by atoms with Crippen molar-refractivity contribution in [3.8, 4) is 0 Å². The lowest BCUT2D eigenvalue weighted by molar-refractivity contribution is 0.309. The van der Waals surface area contributed by atoms with Crippen LogP contribution in [0.4, 0.5) is 0 Å². The molecule has 0 heterocycles. The molecule has 110 valence electrons. The lowest BCUT2D eigenvalue weighted by Gasteiger charge is -2.17. The molecule has 3 nitrogen and oxygen atoms in total. The Hall–Kier alpha value is -0.0900. The molecule has 0 aliphatic carbocycles. The smallest absolute Gasteiger partial charge is 0.264 e. The van der Waals surface area contributed by atoms with Crippen molar-refractivity contribution < 1.29 is 12.6 Å². The summed E-state index contributed by atoms with van der Waals surface area (Å²) in [5.74, 6) is 0. The minimum Gasteiger partial charge on any atom is -0.270 e. The first kappa shape index (κ1) is 17.9. The summed E-state index contributed by atoms with van der Waals surface area (Å²) in [6.07, 6.45) is 10.7. The fourth-order valence-corrected chi connectivity index (χ4v) is 2.27. The largest absolute Gasteiger partial charge is 0.270 e. The topological polar surface area (TPSA) is 43.4 Å². The van der Waals surface area contributed by atoms with Gasteiger partial charge < -0.3 is 0 Å². The lowest BCUT2D eigenvalue weighted by Crippen LogP contribution is -2.04. The molecule has 0 saturated carbocycles. The summed E-state index contributed by atoms with van der Waals surface area (Å²) >= 11 is 0. The Morgan fingerprint density at radius 3 is 1.72 bits per heavy atom. The van der Waals surface area contributed by atoms with Crippen LogP contribution >= 0.6 is 0 Å². The fraction of sp³-hybridized carbons (Fsp3) is 1.00. The van der Waals surface area contributed by atoms with Gasteiger partial charge in [-0.2, -0.15) is 8.42 Å². The number of rotatable bonds is 10. The highest BCUT2D eigenvalue weighted by atomic mass is 32.2. The molecule has 0 aromatic rings. The molecule has 0 aromatic carbocycles. The van der Waals surface area contributed by atoms with Crippen molar-refractivity contribution in [2.75, 3.05) is 12.9 Å². The molecular formula is C14H30O3S. The third kappa shape index (κ3) is 15.9. The zero-order valence-electron chi connectivity index (χ0n) is 12.5. The van der Waals surface area contributed by atoms with Crippen LogP contribution in [0.2, 0.25) is 0 Å². The molecule has 0 radical (unpaired) electrons. The molecule has 0 saturated heterocycles. The number of hydrogen-bond donors (Lipinski definition) is 0. The Bertz CT molecular complexity index is 289. The molecule has 4 heteroatoms. The van der Waals surface area contributed by atoms with Gasteiger partial charge in [-0.15, -0.1) is 0 Å². The van der Waals surface area contributed by atoms with E-state index in [2.05, 4.69) is 25.0 Å². The van der Waals surface area contributed by atoms with E-state index in [1.165, 1.54) is 38.5 Å². The van der Waals surface area contributed by atoms with Gasteiger partial charge in [0.05, 0.1) is 12.9 Å². The zero-order valence-corrected chi connectivity index (χ0v) is 13.3. The SMILES string of the molecule is CC(C)(C)CCCCCCCCCOS(C)(=O)=O. The zero-order chi connectivity index (χ0) is 14.1. The molecular weight excluding hydrogens is 248 g/mol. The Labute approximate surface area is 113 Å². The van der Waals surface area contributed by atoms with E-state index in [1.807, 2.05) is 0 Å². The molecule has 0 rings (SSSR count). The molecule has 0 aliphatic heterocycles. The van der Waals surface area contributed by atoms with Gasteiger partial charge in [0.2, 0.25) is 0 Å². The van der Waals surface area contributed by atoms with E-state index in [0.717, 1.165) is 19.1 Å². The maximum atomic E-state index is 10.7. The van der Waals surface area contributed by atoms with Crippen molar-refractivity contribution in [2.45, 2.75) is 72.1 Å². The maximum absolute atomic E-state index is 10.7. The standard InChI is InChI=1S/C14H30O3S/c1-14(2,3)12-10-8-6-5-7-9-11-13-17-18(4,15)16/h5-13H2,1-4H3. The van der Waals surface area contributed by atoms with Gasteiger partial charge in [-0.25, -0.2) is 0 Å². The highest BCUT2D eigenvalue weighted by Gasteiger charge is 2.08. The monoisotopic (exact) mass is 278 g/mol. The van der Waals surface area contributed by atoms with Gasteiger partial charge in [0, 0.05) is 0 Å². The van der Waals surface area contributed by atoms with Crippen LogP contribution in [0, 0.1) is 5.41 Å². The van der Waals surface area contributed by atoms with E-state index in [0.29, 0.717) is 12.0 Å². The van der Waals surface area contributed by atoms with Crippen LogP contribution in [0.25, 0.3) is 0 Å². The Balaban J connectivity index is 3.17. The second-order valence-corrected chi connectivity index (χ2v) is 7.96. The average molecular weight is 278 g/mol. The van der Waals surface area contributed by atoms with Crippen LogP contribution in [0.1, 0.15) is 72.1 Å². The van der Waals surface area contributed by atoms with Crippen molar-refractivity contribution in [3.05, 3.63) is 0 Å². The Morgan fingerprint density at radius 2 is 1.28 bits per heavy atom. The Morgan fingerprint density at radius 1 is 0.833 bits per heavy atom. The first-order valence-electron chi connectivity index (χ1n) is 7.05. The summed E-state index contributed by atoms with van der Waals surface area (Å²) in [6, 6.07) is 0. The van der Waals surface area contributed by atoms with Crippen LogP contribution < -0.4 is 0 Å². The van der Waals surface area contributed by atoms with E-state index < -0.39 is 10.1 Å². The van der Waals surface area contributed by atoms with Crippen molar-refractivity contribution in [1.29, 1.82) is 0 Å². The van der Waals surface area contributed by atoms with Gasteiger partial charge in [0.1, 0.15) is 0 Å². The second kappa shape index (κ2) is 8.92. The van der Waals surface area contributed by atoms with Gasteiger partial charge in [-0.05, 0) is 18.3 Å². The summed E-state index contributed by atoms with van der Waals surface area (Å²) in [5.41, 5.74) is 0.461. The first-order chi connectivity index (χ1) is 8.21. The molecule has 0 fully saturated rings. The predicted octanol–water partition coefficient (Wildman–Crippen LogP) is 4.13. The summed E-state index contributed by atoms with van der Waals surface area (Å²) in [4.78, 5) is 0. The Kier molecular flexibility index (Phi) is 8.87. The van der Waals surface area contributed by atoms with Gasteiger partial charge >= 0.3 is 0 Å². The average Bonchev–Trinajstić information content (AvgIpc) is 2.17. The van der Waals surface area contributed by atoms with Crippen LogP contribution in [-0.2, 0) is 14.3 Å². The van der Waals surface area contributed by atoms with Gasteiger partial charge in [0.15, 0.2) is 0 Å². The van der Waals surface area contributed by atoms with Gasteiger partial charge in [-0.3, -0.25) is 4.18 Å². The summed E-state index contributed by atoms with van der Waals surface area (Å²) in [7, 11) is -3.24. The van der Waals surface area contributed by atoms with Crippen LogP contribution in [0.5, 0.6) is 0 Å². The predicted molar refractivity (Wildman–Crippen MR) is 77.2 cm³/mol. The molecule has 0 unspecified atom stereocenters. The van der Waals surface area contributed by atoms with Crippen LogP contribution in [0.15, 0.2) is 0 Å². The highest BCUT2D eigenvalue weighted by Crippen LogP contribution is 2.22. The van der Waals surface area contributed by atoms with E-state index in [1.54, 1.807) is 0 Å². The van der Waals surface area contributed by atoms with Crippen LogP contribution in [-0.4, -0.2) is 21.3 Å². The van der Waals surface area contributed by atoms with E-state index >= 15 is 0 Å². The maximum Gasteiger partial charge on any atom is 0.264 e. The molecule has 0 atom stereocenters. The first-order valence-corrected chi connectivity index (χ1v) is 8.87. The minimum atomic E-state index is -3.24. The molecule has 0 aliphatic rings. The van der Waals surface area contributed by atoms with Crippen molar-refractivity contribution in [2.24, 2.45) is 5.41 Å². The van der Waals surface area contributed by atoms with Crippen molar-refractivity contribution >= 4 is 10.1 Å². The summed E-state index contributed by atoms with van der Waals surface area (Å²) in [6.45, 7) is 7.20. The third-order valence-electron chi connectivity index (χ3n) is 2.87. The molecule has 0 spiro atoms. The molecule has 0 amide bonds. The summed E-state index contributed by atoms with van der Waals surface area (Å²) in [5, 5.41) is 0. The quantitative estimate of drug-likeness (QED) is 0.446. The van der Waals surface area contributed by atoms with Gasteiger partial charge in [-0.1, -0.05) is 59.3 Å². The molecule has 0 N–H and O–H groups in total. The molecule has 0 bridgehead atoms. The molecule has 18 heavy (non-hydrogen) atoms. The van der Waals surface area contributed by atoms with E-state index in [9.17, 15) is 8.42 Å². The lowest BCUT2D eigenvalue weighted by atomic mass is 9.89. The van der Waals surface area contributed by atoms with Gasteiger partial charge in [0.25, 0.3) is 10.1 Å². The number of unbranched alkanes of at least 4 members (excludes halogenated alkanes) is 6. The fourth-order valence-electron chi connectivity index (χ4n) is 1.85.